The number of hydrogen-bond acceptors (Lipinski definition) is 3. The van der Waals surface area contributed by atoms with Gasteiger partial charge in [0, 0.05) is 19.6 Å². The SMILES string of the molecule is CCCC1(CN2C[C@@H](C)O[C@@H](C)C2)CCNCC1. The number of hydrogen-bond donors (Lipinski definition) is 1. The van der Waals surface area contributed by atoms with Crippen molar-refractivity contribution in [2.45, 2.75) is 58.7 Å². The third-order valence-corrected chi connectivity index (χ3v) is 4.50. The molecule has 18 heavy (non-hydrogen) atoms. The largest absolute Gasteiger partial charge is 0.373 e. The molecule has 2 heterocycles. The van der Waals surface area contributed by atoms with Crippen molar-refractivity contribution in [2.75, 3.05) is 32.7 Å². The number of morpholine rings is 1. The number of ether oxygens (including phenoxy) is 1. The van der Waals surface area contributed by atoms with E-state index in [0.717, 1.165) is 13.1 Å². The molecule has 2 aliphatic rings. The highest BCUT2D eigenvalue weighted by Crippen LogP contribution is 2.35. The fourth-order valence-corrected chi connectivity index (χ4v) is 3.86. The summed E-state index contributed by atoms with van der Waals surface area (Å²) in [7, 11) is 0. The molecule has 0 aliphatic carbocycles. The molecule has 0 saturated carbocycles. The molecule has 2 fully saturated rings. The van der Waals surface area contributed by atoms with Gasteiger partial charge in [-0.2, -0.15) is 0 Å². The fourth-order valence-electron chi connectivity index (χ4n) is 3.86. The van der Waals surface area contributed by atoms with Crippen LogP contribution in [0.4, 0.5) is 0 Å². The van der Waals surface area contributed by atoms with E-state index >= 15 is 0 Å². The van der Waals surface area contributed by atoms with Crippen LogP contribution in [0.5, 0.6) is 0 Å². The smallest absolute Gasteiger partial charge is 0.0678 e. The maximum Gasteiger partial charge on any atom is 0.0678 e. The zero-order chi connectivity index (χ0) is 13.0. The molecular weight excluding hydrogens is 224 g/mol. The van der Waals surface area contributed by atoms with Crippen LogP contribution in [-0.4, -0.2) is 49.8 Å². The molecule has 0 aromatic heterocycles. The fraction of sp³-hybridized carbons (Fsp3) is 1.00. The van der Waals surface area contributed by atoms with Gasteiger partial charge < -0.3 is 10.1 Å². The van der Waals surface area contributed by atoms with Gasteiger partial charge >= 0.3 is 0 Å². The van der Waals surface area contributed by atoms with Gasteiger partial charge in [0.05, 0.1) is 12.2 Å². The van der Waals surface area contributed by atoms with Gasteiger partial charge in [-0.3, -0.25) is 4.90 Å². The molecule has 2 rings (SSSR count). The lowest BCUT2D eigenvalue weighted by Gasteiger charge is -2.44. The van der Waals surface area contributed by atoms with Crippen LogP contribution in [0.25, 0.3) is 0 Å². The molecule has 0 radical (unpaired) electrons. The minimum Gasteiger partial charge on any atom is -0.373 e. The zero-order valence-corrected chi connectivity index (χ0v) is 12.4. The lowest BCUT2D eigenvalue weighted by molar-refractivity contribution is -0.0807. The highest BCUT2D eigenvalue weighted by Gasteiger charge is 2.35. The molecule has 3 heteroatoms. The van der Waals surface area contributed by atoms with E-state index in [1.165, 1.54) is 45.3 Å². The summed E-state index contributed by atoms with van der Waals surface area (Å²) in [6.07, 6.45) is 6.19. The number of nitrogens with zero attached hydrogens (tertiary/aromatic N) is 1. The van der Waals surface area contributed by atoms with Crippen LogP contribution >= 0.6 is 0 Å². The van der Waals surface area contributed by atoms with Crippen LogP contribution in [0.15, 0.2) is 0 Å². The van der Waals surface area contributed by atoms with E-state index in [4.69, 9.17) is 4.74 Å². The summed E-state index contributed by atoms with van der Waals surface area (Å²) in [5, 5.41) is 3.51. The summed E-state index contributed by atoms with van der Waals surface area (Å²) in [4.78, 5) is 2.65. The molecule has 0 amide bonds. The van der Waals surface area contributed by atoms with Crippen molar-refractivity contribution >= 4 is 0 Å². The topological polar surface area (TPSA) is 24.5 Å². The highest BCUT2D eigenvalue weighted by molar-refractivity contribution is 4.89. The van der Waals surface area contributed by atoms with Crippen molar-refractivity contribution in [3.8, 4) is 0 Å². The Morgan fingerprint density at radius 1 is 1.17 bits per heavy atom. The van der Waals surface area contributed by atoms with Gasteiger partial charge in [-0.15, -0.1) is 0 Å². The maximum absolute atomic E-state index is 5.84. The monoisotopic (exact) mass is 254 g/mol. The van der Waals surface area contributed by atoms with Crippen LogP contribution in [0.2, 0.25) is 0 Å². The first-order chi connectivity index (χ1) is 8.63. The second-order valence-corrected chi connectivity index (χ2v) is 6.45. The first kappa shape index (κ1) is 14.3. The van der Waals surface area contributed by atoms with Crippen molar-refractivity contribution < 1.29 is 4.74 Å². The summed E-state index contributed by atoms with van der Waals surface area (Å²) in [5.74, 6) is 0. The van der Waals surface area contributed by atoms with Crippen molar-refractivity contribution in [2.24, 2.45) is 5.41 Å². The van der Waals surface area contributed by atoms with Crippen molar-refractivity contribution in [1.82, 2.24) is 10.2 Å². The first-order valence-electron chi connectivity index (χ1n) is 7.72. The average Bonchev–Trinajstić information content (AvgIpc) is 2.28. The Kier molecular flexibility index (Phi) is 5.05. The molecule has 0 aromatic rings. The summed E-state index contributed by atoms with van der Waals surface area (Å²) >= 11 is 0. The maximum atomic E-state index is 5.84. The van der Waals surface area contributed by atoms with Crippen molar-refractivity contribution in [3.63, 3.8) is 0 Å². The molecule has 2 atom stereocenters. The summed E-state index contributed by atoms with van der Waals surface area (Å²) < 4.78 is 5.84. The Labute approximate surface area is 112 Å². The Balaban J connectivity index is 1.95. The minimum atomic E-state index is 0.397. The molecule has 3 nitrogen and oxygen atoms in total. The number of rotatable bonds is 4. The Morgan fingerprint density at radius 2 is 1.78 bits per heavy atom. The Bertz CT molecular complexity index is 235. The third kappa shape index (κ3) is 3.69. The van der Waals surface area contributed by atoms with Gasteiger partial charge in [-0.05, 0) is 51.6 Å². The summed E-state index contributed by atoms with van der Waals surface area (Å²) in [6.45, 7) is 12.7. The molecule has 0 unspecified atom stereocenters. The summed E-state index contributed by atoms with van der Waals surface area (Å²) in [6, 6.07) is 0. The molecule has 106 valence electrons. The minimum absolute atomic E-state index is 0.397. The van der Waals surface area contributed by atoms with E-state index in [-0.39, 0.29) is 0 Å². The lowest BCUT2D eigenvalue weighted by atomic mass is 9.75. The Hall–Kier alpha value is -0.120. The predicted molar refractivity (Wildman–Crippen MR) is 75.9 cm³/mol. The van der Waals surface area contributed by atoms with Crippen LogP contribution in [0.3, 0.4) is 0 Å². The lowest BCUT2D eigenvalue weighted by Crippen LogP contribution is -2.51. The van der Waals surface area contributed by atoms with Crippen molar-refractivity contribution in [3.05, 3.63) is 0 Å². The molecular formula is C15H30N2O. The van der Waals surface area contributed by atoms with Gasteiger partial charge in [0.15, 0.2) is 0 Å². The van der Waals surface area contributed by atoms with Gasteiger partial charge in [0.25, 0.3) is 0 Å². The van der Waals surface area contributed by atoms with Crippen LogP contribution in [-0.2, 0) is 4.74 Å². The van der Waals surface area contributed by atoms with E-state index in [9.17, 15) is 0 Å². The van der Waals surface area contributed by atoms with Gasteiger partial charge in [-0.1, -0.05) is 13.3 Å². The van der Waals surface area contributed by atoms with E-state index in [2.05, 4.69) is 31.0 Å². The van der Waals surface area contributed by atoms with Gasteiger partial charge in [0.2, 0.25) is 0 Å². The molecule has 0 bridgehead atoms. The standard InChI is InChI=1S/C15H30N2O/c1-4-5-15(6-8-16-9-7-15)12-17-10-13(2)18-14(3)11-17/h13-14,16H,4-12H2,1-3H3/t13-,14+. The summed E-state index contributed by atoms with van der Waals surface area (Å²) in [5.41, 5.74) is 0.566. The van der Waals surface area contributed by atoms with Crippen molar-refractivity contribution in [1.29, 1.82) is 0 Å². The second kappa shape index (κ2) is 6.36. The van der Waals surface area contributed by atoms with Crippen LogP contribution in [0.1, 0.15) is 46.5 Å². The molecule has 0 spiro atoms. The van der Waals surface area contributed by atoms with E-state index in [1.54, 1.807) is 0 Å². The molecule has 1 N–H and O–H groups in total. The zero-order valence-electron chi connectivity index (χ0n) is 12.4. The normalized spacial score (nSPS) is 33.5. The first-order valence-corrected chi connectivity index (χ1v) is 7.72. The molecule has 2 saturated heterocycles. The second-order valence-electron chi connectivity index (χ2n) is 6.45. The quantitative estimate of drug-likeness (QED) is 0.833. The molecule has 0 aromatic carbocycles. The van der Waals surface area contributed by atoms with Crippen LogP contribution < -0.4 is 5.32 Å². The number of nitrogens with one attached hydrogen (secondary N) is 1. The van der Waals surface area contributed by atoms with Gasteiger partial charge in [-0.25, -0.2) is 0 Å². The van der Waals surface area contributed by atoms with E-state index in [1.807, 2.05) is 0 Å². The number of piperidine rings is 1. The molecule has 2 aliphatic heterocycles. The predicted octanol–water partition coefficient (Wildman–Crippen LogP) is 2.27. The van der Waals surface area contributed by atoms with E-state index in [0.29, 0.717) is 17.6 Å². The third-order valence-electron chi connectivity index (χ3n) is 4.50. The Morgan fingerprint density at radius 3 is 2.33 bits per heavy atom. The average molecular weight is 254 g/mol. The van der Waals surface area contributed by atoms with Gasteiger partial charge in [0.1, 0.15) is 0 Å². The highest BCUT2D eigenvalue weighted by atomic mass is 16.5. The van der Waals surface area contributed by atoms with Crippen LogP contribution in [0, 0.1) is 5.41 Å². The van der Waals surface area contributed by atoms with E-state index < -0.39 is 0 Å².